The molecule has 3 N–H and O–H groups in total. The lowest BCUT2D eigenvalue weighted by Crippen LogP contribution is -2.38. The van der Waals surface area contributed by atoms with Crippen LogP contribution in [0.4, 0.5) is 0 Å². The molecular weight excluding hydrogens is 208 g/mol. The Morgan fingerprint density at radius 3 is 3.19 bits per heavy atom. The molecule has 0 bridgehead atoms. The number of nitrogens with one attached hydrogen (secondary N) is 1. The second-order valence-electron chi connectivity index (χ2n) is 4.04. The summed E-state index contributed by atoms with van der Waals surface area (Å²) >= 11 is 0. The highest BCUT2D eigenvalue weighted by Gasteiger charge is 2.28. The van der Waals surface area contributed by atoms with E-state index in [-0.39, 0.29) is 17.9 Å². The van der Waals surface area contributed by atoms with E-state index in [4.69, 9.17) is 10.6 Å². The third-order valence-corrected chi connectivity index (χ3v) is 2.89. The zero-order chi connectivity index (χ0) is 11.5. The van der Waals surface area contributed by atoms with Crippen molar-refractivity contribution >= 4 is 5.91 Å². The summed E-state index contributed by atoms with van der Waals surface area (Å²) in [4.78, 5) is 11.4. The van der Waals surface area contributed by atoms with E-state index >= 15 is 0 Å². The Morgan fingerprint density at radius 1 is 1.75 bits per heavy atom. The number of aromatic nitrogens is 2. The van der Waals surface area contributed by atoms with Crippen LogP contribution in [0.2, 0.25) is 0 Å². The molecule has 2 rings (SSSR count). The molecule has 2 unspecified atom stereocenters. The molecule has 1 aliphatic heterocycles. The minimum Gasteiger partial charge on any atom is -0.373 e. The maximum Gasteiger partial charge on any atom is 0.237 e. The molecule has 1 saturated heterocycles. The maximum atomic E-state index is 11.4. The summed E-state index contributed by atoms with van der Waals surface area (Å²) in [6.45, 7) is 0.581. The Bertz CT molecular complexity index is 377. The number of rotatable bonds is 2. The highest BCUT2D eigenvalue weighted by Crippen LogP contribution is 2.31. The smallest absolute Gasteiger partial charge is 0.237 e. The summed E-state index contributed by atoms with van der Waals surface area (Å²) in [5.74, 6) is 4.95. The molecule has 1 aliphatic rings. The Kier molecular flexibility index (Phi) is 3.21. The van der Waals surface area contributed by atoms with Crippen LogP contribution < -0.4 is 11.3 Å². The highest BCUT2D eigenvalue weighted by atomic mass is 16.5. The van der Waals surface area contributed by atoms with Crippen LogP contribution in [0.1, 0.15) is 24.5 Å². The van der Waals surface area contributed by atoms with Crippen molar-refractivity contribution in [2.24, 2.45) is 18.8 Å². The Labute approximate surface area is 93.7 Å². The number of hydrazine groups is 1. The minimum atomic E-state index is -0.114. The molecule has 1 fully saturated rings. The molecule has 2 atom stereocenters. The summed E-state index contributed by atoms with van der Waals surface area (Å²) in [5.41, 5.74) is 3.21. The van der Waals surface area contributed by atoms with Crippen molar-refractivity contribution in [3.05, 3.63) is 18.0 Å². The first-order valence-electron chi connectivity index (χ1n) is 5.31. The molecular formula is C10H16N4O2. The number of hydrogen-bond donors (Lipinski definition) is 2. The summed E-state index contributed by atoms with van der Waals surface area (Å²) in [6, 6.07) is 0. The highest BCUT2D eigenvalue weighted by molar-refractivity contribution is 5.78. The van der Waals surface area contributed by atoms with Gasteiger partial charge in [0.2, 0.25) is 5.91 Å². The van der Waals surface area contributed by atoms with E-state index in [1.807, 2.05) is 13.2 Å². The number of aryl methyl sites for hydroxylation is 1. The van der Waals surface area contributed by atoms with Crippen molar-refractivity contribution in [1.82, 2.24) is 15.2 Å². The third-order valence-electron chi connectivity index (χ3n) is 2.89. The number of amides is 1. The van der Waals surface area contributed by atoms with E-state index in [0.29, 0.717) is 13.0 Å². The first-order chi connectivity index (χ1) is 7.70. The Morgan fingerprint density at radius 2 is 2.56 bits per heavy atom. The van der Waals surface area contributed by atoms with Crippen molar-refractivity contribution in [2.75, 3.05) is 6.61 Å². The normalized spacial score (nSPS) is 25.4. The van der Waals surface area contributed by atoms with Gasteiger partial charge in [0.25, 0.3) is 0 Å². The van der Waals surface area contributed by atoms with Gasteiger partial charge in [-0.15, -0.1) is 0 Å². The molecule has 6 nitrogen and oxygen atoms in total. The third kappa shape index (κ3) is 2.23. The Hall–Kier alpha value is -1.40. The molecule has 6 heteroatoms. The lowest BCUT2D eigenvalue weighted by atomic mass is 9.92. The quantitative estimate of drug-likeness (QED) is 0.417. The summed E-state index contributed by atoms with van der Waals surface area (Å²) < 4.78 is 7.36. The van der Waals surface area contributed by atoms with Crippen LogP contribution >= 0.6 is 0 Å². The van der Waals surface area contributed by atoms with Gasteiger partial charge in [-0.1, -0.05) is 0 Å². The van der Waals surface area contributed by atoms with Crippen LogP contribution in [0.15, 0.2) is 12.4 Å². The van der Waals surface area contributed by atoms with Crippen molar-refractivity contribution < 1.29 is 9.53 Å². The monoisotopic (exact) mass is 224 g/mol. The summed E-state index contributed by atoms with van der Waals surface area (Å²) in [5, 5.41) is 4.09. The zero-order valence-corrected chi connectivity index (χ0v) is 9.22. The van der Waals surface area contributed by atoms with Gasteiger partial charge in [-0.05, 0) is 12.8 Å². The average Bonchev–Trinajstić information content (AvgIpc) is 2.75. The van der Waals surface area contributed by atoms with Crippen molar-refractivity contribution in [1.29, 1.82) is 0 Å². The molecule has 0 aliphatic carbocycles. The van der Waals surface area contributed by atoms with Crippen LogP contribution in [-0.2, 0) is 16.6 Å². The van der Waals surface area contributed by atoms with Crippen molar-refractivity contribution in [3.63, 3.8) is 0 Å². The van der Waals surface area contributed by atoms with Crippen LogP contribution in [0.3, 0.4) is 0 Å². The molecule has 0 radical (unpaired) electrons. The molecule has 0 aromatic carbocycles. The topological polar surface area (TPSA) is 82.2 Å². The number of carbonyl (C=O) groups excluding carboxylic acids is 1. The van der Waals surface area contributed by atoms with Crippen LogP contribution in [0, 0.1) is 5.92 Å². The fraction of sp³-hybridized carbons (Fsp3) is 0.600. The van der Waals surface area contributed by atoms with E-state index in [1.165, 1.54) is 0 Å². The molecule has 2 heterocycles. The van der Waals surface area contributed by atoms with E-state index in [9.17, 15) is 4.79 Å². The predicted molar refractivity (Wildman–Crippen MR) is 57.0 cm³/mol. The number of carbonyl (C=O) groups is 1. The lowest BCUT2D eigenvalue weighted by Gasteiger charge is -2.27. The van der Waals surface area contributed by atoms with Crippen LogP contribution in [0.25, 0.3) is 0 Å². The van der Waals surface area contributed by atoms with Gasteiger partial charge < -0.3 is 4.74 Å². The number of nitrogens with zero attached hydrogens (tertiary/aromatic N) is 2. The van der Waals surface area contributed by atoms with Crippen molar-refractivity contribution in [2.45, 2.75) is 18.9 Å². The van der Waals surface area contributed by atoms with E-state index < -0.39 is 0 Å². The van der Waals surface area contributed by atoms with E-state index in [2.05, 4.69) is 10.5 Å². The summed E-state index contributed by atoms with van der Waals surface area (Å²) in [7, 11) is 1.86. The van der Waals surface area contributed by atoms with Crippen molar-refractivity contribution in [3.8, 4) is 0 Å². The van der Waals surface area contributed by atoms with Gasteiger partial charge in [-0.2, -0.15) is 5.10 Å². The number of hydrogen-bond acceptors (Lipinski definition) is 4. The average molecular weight is 224 g/mol. The Balaban J connectivity index is 2.04. The second-order valence-corrected chi connectivity index (χ2v) is 4.04. The molecule has 1 aromatic rings. The standard InChI is InChI=1S/C10H16N4O2/c1-14-6-8(5-12-14)9-4-7(2-3-16-9)10(15)13-11/h5-7,9H,2-4,11H2,1H3,(H,13,15). The molecule has 1 amide bonds. The van der Waals surface area contributed by atoms with E-state index in [1.54, 1.807) is 10.9 Å². The molecule has 88 valence electrons. The first kappa shape index (κ1) is 11.1. The van der Waals surface area contributed by atoms with Gasteiger partial charge in [0, 0.05) is 31.3 Å². The fourth-order valence-electron chi connectivity index (χ4n) is 1.99. The predicted octanol–water partition coefficient (Wildman–Crippen LogP) is -0.122. The molecule has 1 aromatic heterocycles. The lowest BCUT2D eigenvalue weighted by molar-refractivity contribution is -0.130. The number of ether oxygens (including phenoxy) is 1. The molecule has 0 saturated carbocycles. The van der Waals surface area contributed by atoms with Gasteiger partial charge in [0.05, 0.1) is 12.3 Å². The van der Waals surface area contributed by atoms with Gasteiger partial charge in [-0.3, -0.25) is 14.9 Å². The van der Waals surface area contributed by atoms with Gasteiger partial charge in [0.1, 0.15) is 0 Å². The second kappa shape index (κ2) is 4.63. The largest absolute Gasteiger partial charge is 0.373 e. The molecule has 0 spiro atoms. The molecule has 16 heavy (non-hydrogen) atoms. The van der Waals surface area contributed by atoms with E-state index in [0.717, 1.165) is 12.0 Å². The van der Waals surface area contributed by atoms with Crippen LogP contribution in [-0.4, -0.2) is 22.3 Å². The van der Waals surface area contributed by atoms with Crippen LogP contribution in [0.5, 0.6) is 0 Å². The number of nitrogens with two attached hydrogens (primary N) is 1. The van der Waals surface area contributed by atoms with Gasteiger partial charge in [-0.25, -0.2) is 5.84 Å². The first-order valence-corrected chi connectivity index (χ1v) is 5.31. The fourth-order valence-corrected chi connectivity index (χ4v) is 1.99. The summed E-state index contributed by atoms with van der Waals surface area (Å²) in [6.07, 6.45) is 5.01. The van der Waals surface area contributed by atoms with Gasteiger partial charge in [0.15, 0.2) is 0 Å². The van der Waals surface area contributed by atoms with Gasteiger partial charge >= 0.3 is 0 Å². The zero-order valence-electron chi connectivity index (χ0n) is 9.22. The minimum absolute atomic E-state index is 0.0512. The SMILES string of the molecule is Cn1cc(C2CC(C(=O)NN)CCO2)cn1. The maximum absolute atomic E-state index is 11.4.